The molecule has 13 aromatic rings. The topological polar surface area (TPSA) is 9.34 Å². The molecular formula is C52H27BN2S. The van der Waals surface area contributed by atoms with E-state index < -0.39 is 0 Å². The van der Waals surface area contributed by atoms with Crippen LogP contribution in [-0.4, -0.2) is 15.7 Å². The molecule has 4 heteroatoms. The predicted molar refractivity (Wildman–Crippen MR) is 241 cm³/mol. The highest BCUT2D eigenvalue weighted by Gasteiger charge is 2.43. The molecule has 0 atom stereocenters. The Bertz CT molecular complexity index is 3920. The van der Waals surface area contributed by atoms with Crippen LogP contribution in [0.2, 0.25) is 0 Å². The molecule has 0 saturated heterocycles. The van der Waals surface area contributed by atoms with Gasteiger partial charge >= 0.3 is 6.85 Å². The van der Waals surface area contributed by atoms with Crippen LogP contribution in [0.25, 0.3) is 124 Å². The van der Waals surface area contributed by atoms with Gasteiger partial charge in [0.2, 0.25) is 0 Å². The van der Waals surface area contributed by atoms with Crippen LogP contribution in [0.15, 0.2) is 164 Å². The highest BCUT2D eigenvalue weighted by atomic mass is 32.1. The van der Waals surface area contributed by atoms with E-state index in [1.807, 2.05) is 11.3 Å². The van der Waals surface area contributed by atoms with Gasteiger partial charge in [-0.05, 0) is 79.8 Å². The zero-order valence-electron chi connectivity index (χ0n) is 30.0. The number of fused-ring (bicyclic) bond motifs is 15. The first-order valence-corrected chi connectivity index (χ1v) is 20.4. The molecule has 0 radical (unpaired) electrons. The van der Waals surface area contributed by atoms with Gasteiger partial charge in [-0.15, -0.1) is 11.3 Å². The molecule has 0 fully saturated rings. The number of para-hydroxylation sites is 1. The molecule has 0 spiro atoms. The quantitative estimate of drug-likeness (QED) is 0.157. The van der Waals surface area contributed by atoms with Gasteiger partial charge in [0, 0.05) is 69.1 Å². The van der Waals surface area contributed by atoms with E-state index in [1.54, 1.807) is 0 Å². The van der Waals surface area contributed by atoms with Crippen LogP contribution in [0.4, 0.5) is 0 Å². The molecule has 4 aromatic heterocycles. The lowest BCUT2D eigenvalue weighted by molar-refractivity contribution is 1.31. The van der Waals surface area contributed by atoms with Crippen molar-refractivity contribution >= 4 is 120 Å². The molecule has 15 rings (SSSR count). The van der Waals surface area contributed by atoms with Crippen molar-refractivity contribution in [3.63, 3.8) is 0 Å². The first-order chi connectivity index (χ1) is 27.8. The summed E-state index contributed by atoms with van der Waals surface area (Å²) in [6, 6.07) is 61.9. The standard InChI is InChI=1S/C52H27BN2S/c1-3-12-28(13-4-1)31-24-37-38-25-32(29-14-5-2-6-15-29)27-40-50(38)54-48(37)39(26-31)46-51(54)47-44(45-34-18-9-10-21-42(34)56-52(45)46)36-20-11-19-35-43-33-17-8-7-16-30(33)22-23-41(43)55(49(35)36)53(40)47/h1-27H. The molecule has 0 amide bonds. The van der Waals surface area contributed by atoms with Gasteiger partial charge in [0.15, 0.2) is 0 Å². The van der Waals surface area contributed by atoms with Crippen molar-refractivity contribution in [1.82, 2.24) is 8.88 Å². The molecule has 0 saturated carbocycles. The Labute approximate surface area is 324 Å². The van der Waals surface area contributed by atoms with Gasteiger partial charge < -0.3 is 8.88 Å². The first-order valence-electron chi connectivity index (χ1n) is 19.6. The molecular weight excluding hydrogens is 695 g/mol. The fraction of sp³-hybridized carbons (Fsp3) is 0. The molecule has 2 nitrogen and oxygen atoms in total. The highest BCUT2D eigenvalue weighted by molar-refractivity contribution is 7.27. The number of thiophene rings is 1. The zero-order valence-corrected chi connectivity index (χ0v) is 30.8. The summed E-state index contributed by atoms with van der Waals surface area (Å²) in [4.78, 5) is 0. The second kappa shape index (κ2) is 9.67. The van der Waals surface area contributed by atoms with Crippen molar-refractivity contribution in [3.05, 3.63) is 164 Å². The van der Waals surface area contributed by atoms with Crippen molar-refractivity contribution in [1.29, 1.82) is 0 Å². The largest absolute Gasteiger partial charge is 0.375 e. The van der Waals surface area contributed by atoms with Crippen LogP contribution in [0, 0.1) is 0 Å². The Balaban J connectivity index is 1.26. The minimum atomic E-state index is -0.0107. The Hall–Kier alpha value is -6.88. The molecule has 2 aliphatic rings. The summed E-state index contributed by atoms with van der Waals surface area (Å²) in [6.07, 6.45) is 0. The average Bonchev–Trinajstić information content (AvgIpc) is 4.01. The molecule has 0 aliphatic carbocycles. The van der Waals surface area contributed by atoms with E-state index in [0.717, 1.165) is 0 Å². The second-order valence-corrected chi connectivity index (χ2v) is 17.0. The van der Waals surface area contributed by atoms with Crippen LogP contribution in [-0.2, 0) is 0 Å². The van der Waals surface area contributed by atoms with Gasteiger partial charge in [-0.2, -0.15) is 0 Å². The van der Waals surface area contributed by atoms with Crippen molar-refractivity contribution in [3.8, 4) is 33.4 Å². The monoisotopic (exact) mass is 722 g/mol. The van der Waals surface area contributed by atoms with Gasteiger partial charge in [-0.3, -0.25) is 0 Å². The highest BCUT2D eigenvalue weighted by Crippen LogP contribution is 2.53. The summed E-state index contributed by atoms with van der Waals surface area (Å²) < 4.78 is 8.19. The molecule has 9 aromatic carbocycles. The van der Waals surface area contributed by atoms with Gasteiger partial charge in [0.05, 0.1) is 16.6 Å². The van der Waals surface area contributed by atoms with Crippen LogP contribution in [0.3, 0.4) is 0 Å². The SMILES string of the molecule is c1ccc(-c2cc3c4c(c2)c2cc(-c5ccccc5)cc5c6c7sc8ccccc8c7c7c(c6n4c25)B3n2c3ccc4ccccc4c3c3cccc-7c32)cc1. The molecule has 56 heavy (non-hydrogen) atoms. The maximum Gasteiger partial charge on any atom is 0.333 e. The minimum absolute atomic E-state index is 0.0107. The van der Waals surface area contributed by atoms with Crippen LogP contribution in [0.1, 0.15) is 0 Å². The summed E-state index contributed by atoms with van der Waals surface area (Å²) >= 11 is 1.97. The van der Waals surface area contributed by atoms with E-state index in [1.165, 1.54) is 135 Å². The third-order valence-corrected chi connectivity index (χ3v) is 14.5. The van der Waals surface area contributed by atoms with Crippen molar-refractivity contribution in [2.45, 2.75) is 0 Å². The van der Waals surface area contributed by atoms with Crippen molar-refractivity contribution < 1.29 is 0 Å². The molecule has 254 valence electrons. The summed E-state index contributed by atoms with van der Waals surface area (Å²) in [5, 5.41) is 13.5. The Kier molecular flexibility index (Phi) is 4.93. The fourth-order valence-corrected chi connectivity index (χ4v) is 12.5. The van der Waals surface area contributed by atoms with Crippen LogP contribution in [0.5, 0.6) is 0 Å². The third kappa shape index (κ3) is 3.16. The number of rotatable bonds is 2. The first kappa shape index (κ1) is 28.6. The molecule has 0 unspecified atom stereocenters. The van der Waals surface area contributed by atoms with Crippen LogP contribution >= 0.6 is 11.3 Å². The maximum atomic E-state index is 2.74. The Morgan fingerprint density at radius 3 is 1.93 bits per heavy atom. The number of hydrogen-bond acceptors (Lipinski definition) is 1. The summed E-state index contributed by atoms with van der Waals surface area (Å²) in [5.74, 6) is 0. The van der Waals surface area contributed by atoms with Gasteiger partial charge in [0.25, 0.3) is 0 Å². The summed E-state index contributed by atoms with van der Waals surface area (Å²) in [6.45, 7) is -0.0107. The Morgan fingerprint density at radius 2 is 1.11 bits per heavy atom. The lowest BCUT2D eigenvalue weighted by atomic mass is 9.45. The van der Waals surface area contributed by atoms with E-state index in [0.29, 0.717) is 0 Å². The molecule has 0 bridgehead atoms. The van der Waals surface area contributed by atoms with E-state index in [-0.39, 0.29) is 6.85 Å². The minimum Gasteiger partial charge on any atom is -0.375 e. The van der Waals surface area contributed by atoms with Crippen molar-refractivity contribution in [2.24, 2.45) is 0 Å². The van der Waals surface area contributed by atoms with E-state index in [4.69, 9.17) is 0 Å². The number of aromatic nitrogens is 2. The summed E-state index contributed by atoms with van der Waals surface area (Å²) in [7, 11) is 0. The van der Waals surface area contributed by atoms with Crippen LogP contribution < -0.4 is 10.9 Å². The average molecular weight is 723 g/mol. The van der Waals surface area contributed by atoms with E-state index in [2.05, 4.69) is 173 Å². The van der Waals surface area contributed by atoms with E-state index in [9.17, 15) is 0 Å². The van der Waals surface area contributed by atoms with Gasteiger partial charge in [-0.1, -0.05) is 133 Å². The molecule has 2 aliphatic heterocycles. The lowest BCUT2D eigenvalue weighted by Gasteiger charge is -2.32. The summed E-state index contributed by atoms with van der Waals surface area (Å²) in [5.41, 5.74) is 17.3. The molecule has 0 N–H and O–H groups in total. The maximum absolute atomic E-state index is 2.74. The van der Waals surface area contributed by atoms with Crippen molar-refractivity contribution in [2.75, 3.05) is 0 Å². The number of benzene rings is 9. The number of hydrogen-bond donors (Lipinski definition) is 0. The van der Waals surface area contributed by atoms with Gasteiger partial charge in [-0.25, -0.2) is 0 Å². The zero-order chi connectivity index (χ0) is 36.0. The third-order valence-electron chi connectivity index (χ3n) is 13.3. The lowest BCUT2D eigenvalue weighted by Crippen LogP contribution is -2.54. The predicted octanol–water partition coefficient (Wildman–Crippen LogP) is 12.7. The Morgan fingerprint density at radius 1 is 0.429 bits per heavy atom. The molecule has 6 heterocycles. The smallest absolute Gasteiger partial charge is 0.333 e. The van der Waals surface area contributed by atoms with E-state index >= 15 is 0 Å². The second-order valence-electron chi connectivity index (χ2n) is 15.9. The fourth-order valence-electron chi connectivity index (χ4n) is 11.3. The number of nitrogens with zero attached hydrogens (tertiary/aromatic N) is 2. The normalized spacial score (nSPS) is 13.3. The van der Waals surface area contributed by atoms with Gasteiger partial charge in [0.1, 0.15) is 0 Å².